The Hall–Kier alpha value is -1.54. The molecule has 98 valence electrons. The minimum absolute atomic E-state index is 0.126. The molecule has 0 bridgehead atoms. The Bertz CT molecular complexity index is 571. The minimum atomic E-state index is -0.126. The number of aromatic nitrogens is 1. The summed E-state index contributed by atoms with van der Waals surface area (Å²) in [6.45, 7) is 0. The van der Waals surface area contributed by atoms with Gasteiger partial charge in [-0.2, -0.15) is 5.26 Å². The molecule has 0 saturated heterocycles. The molecule has 1 N–H and O–H groups in total. The fraction of sp³-hybridized carbons (Fsp3) is 0.500. The Morgan fingerprint density at radius 2 is 2.21 bits per heavy atom. The number of hydrogen-bond donors (Lipinski definition) is 1. The predicted molar refractivity (Wildman–Crippen MR) is 73.2 cm³/mol. The zero-order valence-corrected chi connectivity index (χ0v) is 11.6. The van der Waals surface area contributed by atoms with Crippen molar-refractivity contribution in [1.29, 1.82) is 5.26 Å². The minimum Gasteiger partial charge on any atom is -0.349 e. The second-order valence-corrected chi connectivity index (χ2v) is 5.91. The van der Waals surface area contributed by atoms with Crippen molar-refractivity contribution < 1.29 is 4.79 Å². The van der Waals surface area contributed by atoms with Crippen LogP contribution in [0.5, 0.6) is 0 Å². The molecule has 1 heterocycles. The molecule has 5 heteroatoms. The molecule has 0 aliphatic heterocycles. The fourth-order valence-corrected chi connectivity index (χ4v) is 2.61. The maximum atomic E-state index is 12.2. The lowest BCUT2D eigenvalue weighted by Gasteiger charge is -2.10. The van der Waals surface area contributed by atoms with Crippen LogP contribution < -0.4 is 5.32 Å². The number of hydrogen-bond acceptors (Lipinski definition) is 4. The number of nitrogens with one attached hydrogen (secondary N) is 1. The molecule has 0 radical (unpaired) electrons. The highest BCUT2D eigenvalue weighted by molar-refractivity contribution is 7.98. The van der Waals surface area contributed by atoms with Crippen LogP contribution in [0.1, 0.15) is 53.2 Å². The Balaban J connectivity index is 2.00. The zero-order chi connectivity index (χ0) is 13.4. The van der Waals surface area contributed by atoms with Crippen LogP contribution in [0, 0.1) is 11.3 Å². The van der Waals surface area contributed by atoms with Gasteiger partial charge in [-0.1, -0.05) is 0 Å². The number of carbonyl (C=O) groups excluding carboxylic acids is 1. The molecule has 0 spiro atoms. The fourth-order valence-electron chi connectivity index (χ4n) is 2.05. The maximum Gasteiger partial charge on any atom is 0.253 e. The third kappa shape index (κ3) is 2.59. The van der Waals surface area contributed by atoms with Crippen molar-refractivity contribution in [3.8, 4) is 6.07 Å². The average Bonchev–Trinajstić information content (AvgIpc) is 3.28. The van der Waals surface area contributed by atoms with Gasteiger partial charge in [0, 0.05) is 17.7 Å². The molecule has 1 aromatic rings. The standard InChI is InChI=1S/C14H15N3OS/c1-19-14-11(7-15)10(13(18)16-9-4-5-9)6-12(17-14)8-2-3-8/h6,8-9H,2-5H2,1H3,(H,16,18). The van der Waals surface area contributed by atoms with Crippen molar-refractivity contribution in [2.45, 2.75) is 42.7 Å². The molecule has 19 heavy (non-hydrogen) atoms. The van der Waals surface area contributed by atoms with Crippen LogP contribution in [-0.4, -0.2) is 23.2 Å². The monoisotopic (exact) mass is 273 g/mol. The summed E-state index contributed by atoms with van der Waals surface area (Å²) in [4.78, 5) is 16.8. The third-order valence-corrected chi connectivity index (χ3v) is 4.15. The SMILES string of the molecule is CSc1nc(C2CC2)cc(C(=O)NC2CC2)c1C#N. The van der Waals surface area contributed by atoms with Crippen LogP contribution in [0.15, 0.2) is 11.1 Å². The second-order valence-electron chi connectivity index (χ2n) is 5.11. The number of nitriles is 1. The molecular weight excluding hydrogens is 258 g/mol. The summed E-state index contributed by atoms with van der Waals surface area (Å²) in [6, 6.07) is 4.25. The van der Waals surface area contributed by atoms with Crippen molar-refractivity contribution in [1.82, 2.24) is 10.3 Å². The summed E-state index contributed by atoms with van der Waals surface area (Å²) < 4.78 is 0. The highest BCUT2D eigenvalue weighted by atomic mass is 32.2. The third-order valence-electron chi connectivity index (χ3n) is 3.46. The van der Waals surface area contributed by atoms with Crippen LogP contribution in [-0.2, 0) is 0 Å². The van der Waals surface area contributed by atoms with E-state index < -0.39 is 0 Å². The first-order chi connectivity index (χ1) is 9.22. The number of thioether (sulfide) groups is 1. The van der Waals surface area contributed by atoms with Gasteiger partial charge >= 0.3 is 0 Å². The molecule has 4 nitrogen and oxygen atoms in total. The normalized spacial score (nSPS) is 17.9. The van der Waals surface area contributed by atoms with Crippen LogP contribution in [0.2, 0.25) is 0 Å². The van der Waals surface area contributed by atoms with Crippen molar-refractivity contribution >= 4 is 17.7 Å². The first-order valence-electron chi connectivity index (χ1n) is 6.53. The summed E-state index contributed by atoms with van der Waals surface area (Å²) in [7, 11) is 0. The quantitative estimate of drug-likeness (QED) is 0.856. The van der Waals surface area contributed by atoms with E-state index in [1.54, 1.807) is 0 Å². The molecule has 2 saturated carbocycles. The Labute approximate surface area is 116 Å². The van der Waals surface area contributed by atoms with Crippen LogP contribution in [0.4, 0.5) is 0 Å². The Morgan fingerprint density at radius 1 is 1.47 bits per heavy atom. The molecule has 1 amide bonds. The number of carbonyl (C=O) groups is 1. The van der Waals surface area contributed by atoms with E-state index in [4.69, 9.17) is 0 Å². The first-order valence-corrected chi connectivity index (χ1v) is 7.75. The molecule has 0 atom stereocenters. The average molecular weight is 273 g/mol. The Kier molecular flexibility index (Phi) is 3.19. The molecule has 1 aromatic heterocycles. The van der Waals surface area contributed by atoms with E-state index in [0.29, 0.717) is 28.1 Å². The molecular formula is C14H15N3OS. The van der Waals surface area contributed by atoms with Gasteiger partial charge in [0.25, 0.3) is 5.91 Å². The van der Waals surface area contributed by atoms with Gasteiger partial charge in [-0.3, -0.25) is 4.79 Å². The van der Waals surface area contributed by atoms with E-state index in [-0.39, 0.29) is 5.91 Å². The predicted octanol–water partition coefficient (Wildman–Crippen LogP) is 2.44. The Morgan fingerprint density at radius 3 is 2.74 bits per heavy atom. The largest absolute Gasteiger partial charge is 0.349 e. The van der Waals surface area contributed by atoms with Gasteiger partial charge in [-0.15, -0.1) is 11.8 Å². The van der Waals surface area contributed by atoms with Crippen LogP contribution >= 0.6 is 11.8 Å². The molecule has 3 rings (SSSR count). The van der Waals surface area contributed by atoms with E-state index in [1.807, 2.05) is 12.3 Å². The van der Waals surface area contributed by atoms with E-state index in [2.05, 4.69) is 16.4 Å². The van der Waals surface area contributed by atoms with Gasteiger partial charge in [0.15, 0.2) is 0 Å². The molecule has 0 aromatic carbocycles. The molecule has 0 unspecified atom stereocenters. The van der Waals surface area contributed by atoms with Gasteiger partial charge < -0.3 is 5.32 Å². The highest BCUT2D eigenvalue weighted by Gasteiger charge is 2.30. The topological polar surface area (TPSA) is 65.8 Å². The van der Waals surface area contributed by atoms with Gasteiger partial charge in [-0.05, 0) is 38.0 Å². The van der Waals surface area contributed by atoms with Crippen molar-refractivity contribution in [2.24, 2.45) is 0 Å². The van der Waals surface area contributed by atoms with E-state index in [9.17, 15) is 10.1 Å². The number of pyridine rings is 1. The summed E-state index contributed by atoms with van der Waals surface area (Å²) >= 11 is 1.43. The first kappa shape index (κ1) is 12.5. The summed E-state index contributed by atoms with van der Waals surface area (Å²) in [6.07, 6.45) is 6.25. The van der Waals surface area contributed by atoms with Gasteiger partial charge in [0.05, 0.1) is 11.1 Å². The lowest BCUT2D eigenvalue weighted by molar-refractivity contribution is 0.0950. The van der Waals surface area contributed by atoms with E-state index in [0.717, 1.165) is 31.4 Å². The highest BCUT2D eigenvalue weighted by Crippen LogP contribution is 2.40. The van der Waals surface area contributed by atoms with Crippen LogP contribution in [0.25, 0.3) is 0 Å². The lowest BCUT2D eigenvalue weighted by Crippen LogP contribution is -2.26. The molecule has 2 fully saturated rings. The second kappa shape index (κ2) is 4.86. The van der Waals surface area contributed by atoms with Gasteiger partial charge in [-0.25, -0.2) is 4.98 Å². The van der Waals surface area contributed by atoms with Gasteiger partial charge in [0.2, 0.25) is 0 Å². The van der Waals surface area contributed by atoms with Crippen molar-refractivity contribution in [3.63, 3.8) is 0 Å². The number of rotatable bonds is 4. The lowest BCUT2D eigenvalue weighted by atomic mass is 10.1. The van der Waals surface area contributed by atoms with E-state index in [1.165, 1.54) is 11.8 Å². The number of amides is 1. The number of nitrogens with zero attached hydrogens (tertiary/aromatic N) is 2. The van der Waals surface area contributed by atoms with Gasteiger partial charge in [0.1, 0.15) is 11.1 Å². The summed E-state index contributed by atoms with van der Waals surface area (Å²) in [5.41, 5.74) is 1.87. The van der Waals surface area contributed by atoms with E-state index >= 15 is 0 Å². The van der Waals surface area contributed by atoms with Crippen LogP contribution in [0.3, 0.4) is 0 Å². The zero-order valence-electron chi connectivity index (χ0n) is 10.8. The molecule has 2 aliphatic carbocycles. The van der Waals surface area contributed by atoms with Crippen molar-refractivity contribution in [3.05, 3.63) is 22.9 Å². The summed E-state index contributed by atoms with van der Waals surface area (Å²) in [5.74, 6) is 0.352. The van der Waals surface area contributed by atoms with Crippen molar-refractivity contribution in [2.75, 3.05) is 6.26 Å². The molecule has 2 aliphatic rings. The smallest absolute Gasteiger partial charge is 0.253 e. The maximum absolute atomic E-state index is 12.2. The summed E-state index contributed by atoms with van der Waals surface area (Å²) in [5, 5.41) is 12.9.